The number of hydrogen-bond donors (Lipinski definition) is 9. The molecule has 0 unspecified atom stereocenters. The average Bonchev–Trinajstić information content (AvgIpc) is 2.95. The van der Waals surface area contributed by atoms with E-state index in [4.69, 9.17) is 23.4 Å². The van der Waals surface area contributed by atoms with Crippen molar-refractivity contribution < 1.29 is 69.3 Å². The molecular weight excluding hydrogens is 564 g/mol. The molecule has 0 spiro atoms. The summed E-state index contributed by atoms with van der Waals surface area (Å²) in [5.41, 5.74) is -0.874. The molecule has 2 saturated heterocycles. The lowest BCUT2D eigenvalue weighted by Crippen LogP contribution is -2.64. The minimum atomic E-state index is -1.88. The van der Waals surface area contributed by atoms with Gasteiger partial charge < -0.3 is 69.3 Å². The molecular formula is C27H30O15. The normalized spacial score (nSPS) is 33.5. The Balaban J connectivity index is 1.45. The smallest absolute Gasteiger partial charge is 0.239 e. The molecule has 0 amide bonds. The van der Waals surface area contributed by atoms with Crippen molar-refractivity contribution in [2.75, 3.05) is 6.61 Å². The summed E-state index contributed by atoms with van der Waals surface area (Å²) in [6.07, 6.45) is -15.9. The number of benzene rings is 2. The van der Waals surface area contributed by atoms with Crippen LogP contribution in [0.2, 0.25) is 0 Å². The fourth-order valence-corrected chi connectivity index (χ4v) is 4.92. The minimum Gasteiger partial charge on any atom is -0.508 e. The van der Waals surface area contributed by atoms with Gasteiger partial charge >= 0.3 is 0 Å². The number of phenols is 3. The third-order valence-electron chi connectivity index (χ3n) is 7.20. The average molecular weight is 595 g/mol. The van der Waals surface area contributed by atoms with E-state index in [0.29, 0.717) is 0 Å². The minimum absolute atomic E-state index is 0.0898. The number of phenolic OH excluding ortho intramolecular Hbond substituents is 3. The highest BCUT2D eigenvalue weighted by Crippen LogP contribution is 2.38. The number of aliphatic hydroxyl groups is 6. The molecule has 10 atom stereocenters. The van der Waals surface area contributed by atoms with Crippen molar-refractivity contribution in [3.05, 3.63) is 46.6 Å². The van der Waals surface area contributed by atoms with Crippen LogP contribution >= 0.6 is 0 Å². The van der Waals surface area contributed by atoms with Crippen LogP contribution in [0.25, 0.3) is 22.3 Å². The van der Waals surface area contributed by atoms with Gasteiger partial charge in [0.2, 0.25) is 17.5 Å². The zero-order valence-electron chi connectivity index (χ0n) is 21.9. The van der Waals surface area contributed by atoms with Crippen LogP contribution in [0.1, 0.15) is 6.92 Å². The van der Waals surface area contributed by atoms with E-state index in [1.165, 1.54) is 31.2 Å². The molecule has 0 saturated carbocycles. The van der Waals surface area contributed by atoms with Crippen molar-refractivity contribution in [2.24, 2.45) is 0 Å². The summed E-state index contributed by atoms with van der Waals surface area (Å²) in [7, 11) is 0. The van der Waals surface area contributed by atoms with Gasteiger partial charge in [-0.05, 0) is 31.2 Å². The number of ether oxygens (including phenoxy) is 4. The Kier molecular flexibility index (Phi) is 8.30. The molecule has 0 bridgehead atoms. The standard InChI is InChI=1S/C27H30O15/c1-9-23(41-27-21(36)19(34)17(32)15(8-28)40-27)20(35)22(37)26(38-9)42-25-18(33)16-13(31)6-12(30)7-14(16)39-24(25)10-2-4-11(29)5-3-10/h2-7,9,15,17,19-23,26-32,34-37H,8H2,1H3/t9-,15+,17+,19-,20-,21+,22-,23-,26-,27-/m0/s1. The first-order valence-corrected chi connectivity index (χ1v) is 12.9. The van der Waals surface area contributed by atoms with E-state index in [1.807, 2.05) is 0 Å². The molecule has 3 aromatic rings. The van der Waals surface area contributed by atoms with E-state index in [9.17, 15) is 50.8 Å². The zero-order valence-corrected chi connectivity index (χ0v) is 21.9. The second-order valence-corrected chi connectivity index (χ2v) is 10.1. The van der Waals surface area contributed by atoms with Crippen molar-refractivity contribution in [1.29, 1.82) is 0 Å². The lowest BCUT2D eigenvalue weighted by molar-refractivity contribution is -0.348. The van der Waals surface area contributed by atoms with Gasteiger partial charge in [0.1, 0.15) is 70.9 Å². The zero-order chi connectivity index (χ0) is 30.5. The summed E-state index contributed by atoms with van der Waals surface area (Å²) in [6.45, 7) is 0.702. The Morgan fingerprint density at radius 2 is 1.48 bits per heavy atom. The molecule has 5 rings (SSSR count). The van der Waals surface area contributed by atoms with Crippen LogP contribution in [0.3, 0.4) is 0 Å². The largest absolute Gasteiger partial charge is 0.508 e. The topological polar surface area (TPSA) is 249 Å². The van der Waals surface area contributed by atoms with Crippen LogP contribution in [0, 0.1) is 0 Å². The van der Waals surface area contributed by atoms with Crippen LogP contribution in [-0.4, -0.2) is 114 Å². The maximum Gasteiger partial charge on any atom is 0.239 e. The van der Waals surface area contributed by atoms with Crippen LogP contribution in [0.15, 0.2) is 45.6 Å². The van der Waals surface area contributed by atoms with Crippen LogP contribution in [0.4, 0.5) is 0 Å². The Hall–Kier alpha value is -3.51. The summed E-state index contributed by atoms with van der Waals surface area (Å²) >= 11 is 0. The van der Waals surface area contributed by atoms with Gasteiger partial charge in [-0.1, -0.05) is 0 Å². The summed E-state index contributed by atoms with van der Waals surface area (Å²) in [6, 6.07) is 7.43. The molecule has 15 heteroatoms. The van der Waals surface area contributed by atoms with E-state index < -0.39 is 84.9 Å². The van der Waals surface area contributed by atoms with Gasteiger partial charge in [0.25, 0.3) is 0 Å². The molecule has 15 nitrogen and oxygen atoms in total. The van der Waals surface area contributed by atoms with Gasteiger partial charge in [0.15, 0.2) is 12.1 Å². The van der Waals surface area contributed by atoms with Crippen molar-refractivity contribution in [3.8, 4) is 34.3 Å². The summed E-state index contributed by atoms with van der Waals surface area (Å²) in [5.74, 6) is -1.84. The lowest BCUT2D eigenvalue weighted by atomic mass is 9.97. The molecule has 0 aliphatic carbocycles. The summed E-state index contributed by atoms with van der Waals surface area (Å²) in [4.78, 5) is 13.5. The predicted octanol–water partition coefficient (Wildman–Crippen LogP) is -1.39. The van der Waals surface area contributed by atoms with Crippen molar-refractivity contribution in [3.63, 3.8) is 0 Å². The number of aromatic hydroxyl groups is 3. The molecule has 228 valence electrons. The van der Waals surface area contributed by atoms with Crippen LogP contribution < -0.4 is 10.2 Å². The third-order valence-corrected chi connectivity index (χ3v) is 7.20. The van der Waals surface area contributed by atoms with E-state index >= 15 is 0 Å². The highest BCUT2D eigenvalue weighted by Gasteiger charge is 2.50. The molecule has 2 aliphatic rings. The van der Waals surface area contributed by atoms with Crippen LogP contribution in [0.5, 0.6) is 23.0 Å². The second kappa shape index (κ2) is 11.6. The number of rotatable bonds is 6. The Bertz CT molecular complexity index is 1470. The number of aliphatic hydroxyl groups excluding tert-OH is 6. The molecule has 9 N–H and O–H groups in total. The second-order valence-electron chi connectivity index (χ2n) is 10.1. The van der Waals surface area contributed by atoms with Gasteiger partial charge in [-0.15, -0.1) is 0 Å². The molecule has 0 radical (unpaired) electrons. The first-order valence-electron chi connectivity index (χ1n) is 12.9. The Labute approximate surface area is 236 Å². The van der Waals surface area contributed by atoms with Gasteiger partial charge in [-0.25, -0.2) is 0 Å². The summed E-state index contributed by atoms with van der Waals surface area (Å²) < 4.78 is 28.2. The van der Waals surface area contributed by atoms with Gasteiger partial charge in [-0.2, -0.15) is 0 Å². The first-order chi connectivity index (χ1) is 19.9. The Morgan fingerprint density at radius 1 is 0.810 bits per heavy atom. The highest BCUT2D eigenvalue weighted by atomic mass is 16.7. The fourth-order valence-electron chi connectivity index (χ4n) is 4.92. The number of hydrogen-bond acceptors (Lipinski definition) is 15. The predicted molar refractivity (Wildman–Crippen MR) is 139 cm³/mol. The highest BCUT2D eigenvalue weighted by molar-refractivity contribution is 5.88. The molecule has 2 fully saturated rings. The molecule has 42 heavy (non-hydrogen) atoms. The third kappa shape index (κ3) is 5.37. The van der Waals surface area contributed by atoms with E-state index in [0.717, 1.165) is 12.1 Å². The quantitative estimate of drug-likeness (QED) is 0.159. The van der Waals surface area contributed by atoms with Gasteiger partial charge in [0, 0.05) is 17.7 Å². The van der Waals surface area contributed by atoms with E-state index in [-0.39, 0.29) is 33.8 Å². The lowest BCUT2D eigenvalue weighted by Gasteiger charge is -2.45. The van der Waals surface area contributed by atoms with Crippen molar-refractivity contribution in [2.45, 2.75) is 68.3 Å². The molecule has 1 aromatic heterocycles. The SMILES string of the molecule is C[C@@H]1O[C@@H](Oc2c(-c3ccc(O)cc3)oc3cc(O)cc(O)c3c2=O)[C@@H](O)[C@H](O)[C@H]1O[C@@H]1O[C@H](CO)[C@@H](O)[C@H](O)[C@H]1O. The summed E-state index contributed by atoms with van der Waals surface area (Å²) in [5, 5.41) is 91.2. The molecule has 2 aromatic carbocycles. The molecule has 3 heterocycles. The van der Waals surface area contributed by atoms with Crippen molar-refractivity contribution >= 4 is 11.0 Å². The van der Waals surface area contributed by atoms with E-state index in [2.05, 4.69) is 0 Å². The van der Waals surface area contributed by atoms with E-state index in [1.54, 1.807) is 0 Å². The van der Waals surface area contributed by atoms with Crippen molar-refractivity contribution in [1.82, 2.24) is 0 Å². The Morgan fingerprint density at radius 3 is 2.14 bits per heavy atom. The van der Waals surface area contributed by atoms with Gasteiger partial charge in [0.05, 0.1) is 12.7 Å². The first kappa shape index (κ1) is 30.0. The van der Waals surface area contributed by atoms with Gasteiger partial charge in [-0.3, -0.25) is 4.79 Å². The maximum absolute atomic E-state index is 13.5. The fraction of sp³-hybridized carbons (Fsp3) is 0.444. The number of fused-ring (bicyclic) bond motifs is 1. The maximum atomic E-state index is 13.5. The monoisotopic (exact) mass is 594 g/mol. The van der Waals surface area contributed by atoms with Crippen LogP contribution in [-0.2, 0) is 14.2 Å². The molecule has 2 aliphatic heterocycles.